The number of hydrogen-bond donors (Lipinski definition) is 10. The molecule has 16 nitrogen and oxygen atoms in total. The highest BCUT2D eigenvalue weighted by Gasteiger charge is 2.30. The van der Waals surface area contributed by atoms with Crippen molar-refractivity contribution in [3.63, 3.8) is 0 Å². The number of rotatable bonds is 17. The number of carboxylic acid groups (broad SMARTS) is 2. The number of nitrogens with one attached hydrogen (secondary N) is 4. The van der Waals surface area contributed by atoms with Crippen LogP contribution in [0.5, 0.6) is 0 Å². The molecule has 0 aliphatic carbocycles. The molecule has 0 saturated carbocycles. The fourth-order valence-electron chi connectivity index (χ4n) is 3.03. The van der Waals surface area contributed by atoms with Gasteiger partial charge in [-0.1, -0.05) is 0 Å². The molecule has 0 aliphatic heterocycles. The van der Waals surface area contributed by atoms with Crippen LogP contribution in [-0.2, 0) is 30.4 Å². The number of thiol groups is 1. The zero-order valence-electron chi connectivity index (χ0n) is 19.9. The van der Waals surface area contributed by atoms with E-state index in [4.69, 9.17) is 22.3 Å². The van der Waals surface area contributed by atoms with Gasteiger partial charge in [-0.2, -0.15) is 12.6 Å². The van der Waals surface area contributed by atoms with Gasteiger partial charge in [0.25, 0.3) is 0 Å². The Morgan fingerprint density at radius 2 is 1.59 bits per heavy atom. The van der Waals surface area contributed by atoms with E-state index in [1.165, 1.54) is 12.5 Å². The molecule has 1 heterocycles. The summed E-state index contributed by atoms with van der Waals surface area (Å²) in [5.74, 6) is -5.14. The standard InChI is InChI=1S/C20H33N9O7S/c21-11(8-37)16(32)27-12(2-1-5-25-20(22)23)17(33)28-13(3-4-15(30)31)18(34)29-14(19(35)36)6-10-7-24-9-26-10/h7,9,11-14,37H,1-6,8,21H2,(H,24,26)(H,27,32)(H,28,33)(H,29,34)(H,30,31)(H,35,36)(H4,22,23,25). The fraction of sp³-hybridized carbons (Fsp3) is 0.550. The van der Waals surface area contributed by atoms with Crippen molar-refractivity contribution >= 4 is 48.2 Å². The zero-order chi connectivity index (χ0) is 28.0. The second kappa shape index (κ2) is 16.0. The summed E-state index contributed by atoms with van der Waals surface area (Å²) in [5.41, 5.74) is 16.7. The van der Waals surface area contributed by atoms with Gasteiger partial charge >= 0.3 is 11.9 Å². The number of aliphatic carboxylic acids is 2. The second-order valence-electron chi connectivity index (χ2n) is 7.97. The first-order valence-electron chi connectivity index (χ1n) is 11.2. The maximum Gasteiger partial charge on any atom is 0.326 e. The van der Waals surface area contributed by atoms with E-state index in [0.717, 1.165) is 0 Å². The zero-order valence-corrected chi connectivity index (χ0v) is 20.8. The van der Waals surface area contributed by atoms with Crippen LogP contribution in [0.4, 0.5) is 0 Å². The number of aliphatic imine (C=N–C) groups is 1. The van der Waals surface area contributed by atoms with Gasteiger partial charge in [-0.25, -0.2) is 9.78 Å². The third kappa shape index (κ3) is 12.1. The SMILES string of the molecule is NC(N)=NCCCC(NC(=O)C(N)CS)C(=O)NC(CCC(=O)O)C(=O)NC(Cc1cnc[nH]1)C(=O)O. The minimum absolute atomic E-state index is 0.00469. The molecule has 4 unspecified atom stereocenters. The molecule has 0 aliphatic rings. The number of carboxylic acids is 2. The maximum atomic E-state index is 13.0. The van der Waals surface area contributed by atoms with E-state index in [-0.39, 0.29) is 43.9 Å². The summed E-state index contributed by atoms with van der Waals surface area (Å²) in [7, 11) is 0. The number of carbonyl (C=O) groups is 5. The predicted molar refractivity (Wildman–Crippen MR) is 134 cm³/mol. The number of aromatic amines is 1. The molecule has 0 bridgehead atoms. The normalized spacial score (nSPS) is 13.9. The molecule has 17 heteroatoms. The van der Waals surface area contributed by atoms with Crippen LogP contribution >= 0.6 is 12.6 Å². The molecule has 1 aromatic heterocycles. The molecule has 206 valence electrons. The first-order chi connectivity index (χ1) is 17.4. The Kier molecular flexibility index (Phi) is 13.5. The lowest BCUT2D eigenvalue weighted by molar-refractivity contribution is -0.143. The summed E-state index contributed by atoms with van der Waals surface area (Å²) < 4.78 is 0. The van der Waals surface area contributed by atoms with Gasteiger partial charge in [-0.05, 0) is 19.3 Å². The highest BCUT2D eigenvalue weighted by atomic mass is 32.1. The van der Waals surface area contributed by atoms with Crippen molar-refractivity contribution in [1.29, 1.82) is 0 Å². The Balaban J connectivity index is 3.02. The first kappa shape index (κ1) is 31.2. The molecule has 0 radical (unpaired) electrons. The smallest absolute Gasteiger partial charge is 0.326 e. The molecule has 0 aromatic carbocycles. The van der Waals surface area contributed by atoms with E-state index >= 15 is 0 Å². The quantitative estimate of drug-likeness (QED) is 0.0401. The van der Waals surface area contributed by atoms with Crippen LogP contribution in [0.15, 0.2) is 17.5 Å². The highest BCUT2D eigenvalue weighted by molar-refractivity contribution is 7.80. The van der Waals surface area contributed by atoms with Crippen LogP contribution in [0.3, 0.4) is 0 Å². The molecule has 37 heavy (non-hydrogen) atoms. The molecule has 0 spiro atoms. The number of H-pyrrole nitrogens is 1. The van der Waals surface area contributed by atoms with Gasteiger partial charge < -0.3 is 48.3 Å². The van der Waals surface area contributed by atoms with Crippen LogP contribution in [0.2, 0.25) is 0 Å². The van der Waals surface area contributed by atoms with Gasteiger partial charge in [0.15, 0.2) is 5.96 Å². The number of hydrogen-bond acceptors (Lipinski definition) is 9. The topological polar surface area (TPSA) is 281 Å². The van der Waals surface area contributed by atoms with Crippen molar-refractivity contribution in [2.45, 2.75) is 56.3 Å². The minimum atomic E-state index is -1.41. The monoisotopic (exact) mass is 543 g/mol. The molecule has 0 fully saturated rings. The van der Waals surface area contributed by atoms with E-state index in [1.54, 1.807) is 0 Å². The van der Waals surface area contributed by atoms with Crippen molar-refractivity contribution in [2.75, 3.05) is 12.3 Å². The van der Waals surface area contributed by atoms with E-state index in [9.17, 15) is 29.1 Å². The molecule has 12 N–H and O–H groups in total. The second-order valence-corrected chi connectivity index (χ2v) is 8.34. The molecule has 1 rings (SSSR count). The number of nitrogens with two attached hydrogens (primary N) is 3. The lowest BCUT2D eigenvalue weighted by atomic mass is 10.1. The van der Waals surface area contributed by atoms with Crippen LogP contribution in [0.25, 0.3) is 0 Å². The van der Waals surface area contributed by atoms with E-state index in [0.29, 0.717) is 5.69 Å². The largest absolute Gasteiger partial charge is 0.481 e. The third-order valence-corrected chi connectivity index (χ3v) is 5.38. The average Bonchev–Trinajstić information content (AvgIpc) is 3.35. The van der Waals surface area contributed by atoms with E-state index < -0.39 is 60.2 Å². The van der Waals surface area contributed by atoms with Gasteiger partial charge in [0.05, 0.1) is 12.4 Å². The summed E-state index contributed by atoms with van der Waals surface area (Å²) >= 11 is 3.95. The molecular weight excluding hydrogens is 510 g/mol. The minimum Gasteiger partial charge on any atom is -0.481 e. The van der Waals surface area contributed by atoms with Gasteiger partial charge in [0.1, 0.15) is 18.1 Å². The van der Waals surface area contributed by atoms with Crippen LogP contribution < -0.4 is 33.2 Å². The number of nitrogens with zero attached hydrogens (tertiary/aromatic N) is 2. The highest BCUT2D eigenvalue weighted by Crippen LogP contribution is 2.06. The number of aromatic nitrogens is 2. The lowest BCUT2D eigenvalue weighted by Crippen LogP contribution is -2.57. The Bertz CT molecular complexity index is 954. The first-order valence-corrected chi connectivity index (χ1v) is 11.8. The summed E-state index contributed by atoms with van der Waals surface area (Å²) in [6.45, 7) is 0.150. The Morgan fingerprint density at radius 3 is 2.11 bits per heavy atom. The van der Waals surface area contributed by atoms with Crippen molar-refractivity contribution in [2.24, 2.45) is 22.2 Å². The van der Waals surface area contributed by atoms with Crippen molar-refractivity contribution < 1.29 is 34.2 Å². The molecule has 4 atom stereocenters. The van der Waals surface area contributed by atoms with Crippen LogP contribution in [-0.4, -0.2) is 92.3 Å². The van der Waals surface area contributed by atoms with Crippen LogP contribution in [0.1, 0.15) is 31.4 Å². The van der Waals surface area contributed by atoms with Crippen molar-refractivity contribution in [1.82, 2.24) is 25.9 Å². The van der Waals surface area contributed by atoms with Crippen molar-refractivity contribution in [3.8, 4) is 0 Å². The number of guanidine groups is 1. The molecule has 0 saturated heterocycles. The van der Waals surface area contributed by atoms with Gasteiger partial charge in [0, 0.05) is 37.0 Å². The van der Waals surface area contributed by atoms with E-state index in [1.807, 2.05) is 0 Å². The predicted octanol–water partition coefficient (Wildman–Crippen LogP) is -3.33. The average molecular weight is 544 g/mol. The molecule has 3 amide bonds. The van der Waals surface area contributed by atoms with Gasteiger partial charge in [-0.3, -0.25) is 24.2 Å². The fourth-order valence-corrected chi connectivity index (χ4v) is 3.20. The Labute approximate surface area is 217 Å². The summed E-state index contributed by atoms with van der Waals surface area (Å²) in [6, 6.07) is -4.99. The van der Waals surface area contributed by atoms with Crippen molar-refractivity contribution in [3.05, 3.63) is 18.2 Å². The lowest BCUT2D eigenvalue weighted by Gasteiger charge is -2.25. The Hall–Kier alpha value is -3.86. The Morgan fingerprint density at radius 1 is 1.00 bits per heavy atom. The summed E-state index contributed by atoms with van der Waals surface area (Å²) in [4.78, 5) is 71.3. The molecular formula is C20H33N9O7S. The van der Waals surface area contributed by atoms with Gasteiger partial charge in [0.2, 0.25) is 17.7 Å². The maximum absolute atomic E-state index is 13.0. The van der Waals surface area contributed by atoms with E-state index in [2.05, 4.69) is 43.5 Å². The number of imidazole rings is 1. The number of amides is 3. The number of carbonyl (C=O) groups excluding carboxylic acids is 3. The van der Waals surface area contributed by atoms with Crippen LogP contribution in [0, 0.1) is 0 Å². The van der Waals surface area contributed by atoms with Gasteiger partial charge in [-0.15, -0.1) is 0 Å². The molecule has 1 aromatic rings. The third-order valence-electron chi connectivity index (χ3n) is 4.99. The summed E-state index contributed by atoms with van der Waals surface area (Å²) in [5, 5.41) is 25.7. The summed E-state index contributed by atoms with van der Waals surface area (Å²) in [6.07, 6.45) is 2.08.